The van der Waals surface area contributed by atoms with Crippen molar-refractivity contribution in [2.75, 3.05) is 38.2 Å². The number of nitrogens with one attached hydrogen (secondary N) is 1. The third-order valence-corrected chi connectivity index (χ3v) is 10.7. The predicted molar refractivity (Wildman–Crippen MR) is 182 cm³/mol. The number of hydrogen-bond acceptors (Lipinski definition) is 6. The first-order chi connectivity index (χ1) is 22.3. The summed E-state index contributed by atoms with van der Waals surface area (Å²) in [6.45, 7) is 8.30. The summed E-state index contributed by atoms with van der Waals surface area (Å²) in [6, 6.07) is 11.0. The number of para-hydroxylation sites is 1. The third-order valence-electron chi connectivity index (χ3n) is 10.0. The van der Waals surface area contributed by atoms with Crippen LogP contribution >= 0.6 is 23.2 Å². The first-order valence-corrected chi connectivity index (χ1v) is 17.6. The van der Waals surface area contributed by atoms with E-state index in [1.807, 2.05) is 29.2 Å². The van der Waals surface area contributed by atoms with Crippen molar-refractivity contribution in [1.82, 2.24) is 9.80 Å². The predicted octanol–water partition coefficient (Wildman–Crippen LogP) is 7.60. The van der Waals surface area contributed by atoms with Crippen LogP contribution in [0.1, 0.15) is 74.7 Å². The molecule has 248 valence electrons. The van der Waals surface area contributed by atoms with Crippen molar-refractivity contribution in [3.63, 3.8) is 0 Å². The van der Waals surface area contributed by atoms with Crippen LogP contribution in [-0.2, 0) is 20.7 Å². The Kier molecular flexibility index (Phi) is 10.9. The molecule has 2 saturated heterocycles. The van der Waals surface area contributed by atoms with Crippen molar-refractivity contribution in [3.05, 3.63) is 63.8 Å². The normalized spacial score (nSPS) is 24.5. The van der Waals surface area contributed by atoms with Crippen molar-refractivity contribution in [2.45, 2.75) is 89.5 Å². The molecule has 2 aromatic carbocycles. The molecule has 0 spiro atoms. The number of halogens is 2. The quantitative estimate of drug-likeness (QED) is 0.239. The fourth-order valence-electron chi connectivity index (χ4n) is 7.33. The first-order valence-electron chi connectivity index (χ1n) is 16.8. The fourth-order valence-corrected chi connectivity index (χ4v) is 7.80. The number of amides is 2. The van der Waals surface area contributed by atoms with Gasteiger partial charge in [-0.3, -0.25) is 14.5 Å². The Morgan fingerprint density at radius 3 is 2.48 bits per heavy atom. The van der Waals surface area contributed by atoms with Gasteiger partial charge < -0.3 is 24.1 Å². The largest absolute Gasteiger partial charge is 0.463 e. The van der Waals surface area contributed by atoms with Gasteiger partial charge in [0, 0.05) is 42.7 Å². The van der Waals surface area contributed by atoms with Gasteiger partial charge in [0.25, 0.3) is 5.91 Å². The second-order valence-corrected chi connectivity index (χ2v) is 14.0. The van der Waals surface area contributed by atoms with Gasteiger partial charge >= 0.3 is 0 Å². The number of carbonyl (C=O) groups is 2. The molecule has 46 heavy (non-hydrogen) atoms. The Labute approximate surface area is 281 Å². The molecule has 10 heteroatoms. The molecule has 1 N–H and O–H groups in total. The highest BCUT2D eigenvalue weighted by atomic mass is 35.5. The number of anilines is 1. The van der Waals surface area contributed by atoms with Crippen LogP contribution in [0.25, 0.3) is 11.0 Å². The second kappa shape index (κ2) is 15.1. The molecule has 3 aliphatic rings. The highest BCUT2D eigenvalue weighted by Crippen LogP contribution is 2.33. The molecule has 3 heterocycles. The molecule has 2 aliphatic heterocycles. The molecule has 1 saturated carbocycles. The summed E-state index contributed by atoms with van der Waals surface area (Å²) in [5.74, 6) is 0.419. The molecule has 0 radical (unpaired) electrons. The molecule has 1 aromatic heterocycles. The summed E-state index contributed by atoms with van der Waals surface area (Å²) in [4.78, 5) is 31.6. The number of hydrogen-bond donors (Lipinski definition) is 1. The number of fused-ring (bicyclic) bond motifs is 1. The van der Waals surface area contributed by atoms with Crippen molar-refractivity contribution in [3.8, 4) is 0 Å². The van der Waals surface area contributed by atoms with Crippen molar-refractivity contribution in [2.24, 2.45) is 5.92 Å². The highest BCUT2D eigenvalue weighted by molar-refractivity contribution is 6.36. The maximum atomic E-state index is 13.9. The molecule has 2 amide bonds. The number of piperidine rings is 1. The number of nitrogens with zero attached hydrogens (tertiary/aromatic N) is 2. The maximum absolute atomic E-state index is 13.9. The van der Waals surface area contributed by atoms with Crippen LogP contribution in [-0.4, -0.2) is 78.8 Å². The van der Waals surface area contributed by atoms with E-state index in [1.165, 1.54) is 19.1 Å². The summed E-state index contributed by atoms with van der Waals surface area (Å²) in [5.41, 5.74) is 2.04. The van der Waals surface area contributed by atoms with Crippen LogP contribution in [0, 0.1) is 5.92 Å². The number of benzene rings is 2. The topological polar surface area (TPSA) is 84.3 Å². The Bertz CT molecular complexity index is 1510. The molecule has 1 aliphatic carbocycles. The van der Waals surface area contributed by atoms with E-state index in [-0.39, 0.29) is 30.4 Å². The number of carbonyl (C=O) groups excluding carboxylic acids is 2. The van der Waals surface area contributed by atoms with E-state index in [0.717, 1.165) is 57.7 Å². The summed E-state index contributed by atoms with van der Waals surface area (Å²) in [5, 5.41) is 4.26. The molecule has 0 unspecified atom stereocenters. The fraction of sp³-hybridized carbons (Fsp3) is 0.556. The Hall–Kier alpha value is -2.62. The summed E-state index contributed by atoms with van der Waals surface area (Å²) >= 11 is 13.4. The molecule has 3 aromatic rings. The Morgan fingerprint density at radius 1 is 0.978 bits per heavy atom. The van der Waals surface area contributed by atoms with Gasteiger partial charge in [0.1, 0.15) is 11.8 Å². The van der Waals surface area contributed by atoms with Crippen LogP contribution in [0.4, 0.5) is 5.69 Å². The second-order valence-electron chi connectivity index (χ2n) is 13.2. The van der Waals surface area contributed by atoms with Gasteiger partial charge in [0.2, 0.25) is 5.91 Å². The maximum Gasteiger partial charge on any atom is 0.259 e. The van der Waals surface area contributed by atoms with Gasteiger partial charge in [0.05, 0.1) is 47.6 Å². The number of rotatable bonds is 10. The van der Waals surface area contributed by atoms with Gasteiger partial charge in [0.15, 0.2) is 0 Å². The van der Waals surface area contributed by atoms with Crippen LogP contribution < -0.4 is 5.32 Å². The lowest BCUT2D eigenvalue weighted by atomic mass is 9.89. The molecule has 0 bridgehead atoms. The molecule has 2 atom stereocenters. The zero-order valence-electron chi connectivity index (χ0n) is 26.8. The van der Waals surface area contributed by atoms with E-state index in [9.17, 15) is 9.59 Å². The van der Waals surface area contributed by atoms with E-state index in [4.69, 9.17) is 37.1 Å². The lowest BCUT2D eigenvalue weighted by Gasteiger charge is -2.35. The van der Waals surface area contributed by atoms with Gasteiger partial charge in [-0.1, -0.05) is 48.3 Å². The summed E-state index contributed by atoms with van der Waals surface area (Å²) in [6.07, 6.45) is 9.66. The van der Waals surface area contributed by atoms with E-state index in [2.05, 4.69) is 24.1 Å². The molecule has 3 fully saturated rings. The zero-order chi connectivity index (χ0) is 32.2. The molecular formula is C36H45Cl2N3O5. The van der Waals surface area contributed by atoms with Crippen LogP contribution in [0.5, 0.6) is 0 Å². The Balaban J connectivity index is 1.12. The van der Waals surface area contributed by atoms with Crippen molar-refractivity contribution in [1.29, 1.82) is 0 Å². The minimum atomic E-state index is -0.351. The van der Waals surface area contributed by atoms with Gasteiger partial charge in [-0.15, -0.1) is 0 Å². The Morgan fingerprint density at radius 2 is 1.72 bits per heavy atom. The minimum Gasteiger partial charge on any atom is -0.463 e. The van der Waals surface area contributed by atoms with E-state index in [1.54, 1.807) is 12.1 Å². The minimum absolute atomic E-state index is 0.0113. The number of ether oxygens (including phenoxy) is 2. The lowest BCUT2D eigenvalue weighted by molar-refractivity contribution is -0.133. The first kappa shape index (κ1) is 33.3. The average molecular weight is 671 g/mol. The summed E-state index contributed by atoms with van der Waals surface area (Å²) in [7, 11) is 0. The monoisotopic (exact) mass is 669 g/mol. The van der Waals surface area contributed by atoms with Crippen molar-refractivity contribution < 1.29 is 23.5 Å². The highest BCUT2D eigenvalue weighted by Gasteiger charge is 2.39. The molecule has 6 rings (SSSR count). The third kappa shape index (κ3) is 7.74. The van der Waals surface area contributed by atoms with E-state index < -0.39 is 0 Å². The van der Waals surface area contributed by atoms with Crippen LogP contribution in [0.15, 0.2) is 47.1 Å². The molecule has 8 nitrogen and oxygen atoms in total. The van der Waals surface area contributed by atoms with Crippen LogP contribution in [0.3, 0.4) is 0 Å². The van der Waals surface area contributed by atoms with E-state index in [0.29, 0.717) is 63.1 Å². The van der Waals surface area contributed by atoms with Gasteiger partial charge in [-0.2, -0.15) is 0 Å². The SMILES string of the molecule is CCOC1CCN([C@H]2C[C@@H](CO[C@H]3CC[C@H](C)CC3)N(C(=O)Cc3cc(Cl)c(NC(=O)c4coc5ccccc45)cc3Cl)C2)CC1. The van der Waals surface area contributed by atoms with Crippen LogP contribution in [0.2, 0.25) is 10.0 Å². The summed E-state index contributed by atoms with van der Waals surface area (Å²) < 4.78 is 17.9. The standard InChI is InChI=1S/C36H45Cl2N3O5/c1-3-44-28-12-14-40(15-13-28)25-18-26(21-45-27-10-8-23(2)9-11-27)41(20-25)35(42)17-24-16-32(38)33(19-31(24)37)39-36(43)30-22-46-34-7-5-4-6-29(30)34/h4-7,16,19,22-23,25-28H,3,8-15,17-18,20-21H2,1-2H3,(H,39,43)/t23-,25-,26-,27-/m0/s1. The van der Waals surface area contributed by atoms with Crippen molar-refractivity contribution >= 4 is 51.7 Å². The van der Waals surface area contributed by atoms with Gasteiger partial charge in [-0.05, 0) is 81.5 Å². The smallest absolute Gasteiger partial charge is 0.259 e. The lowest BCUT2D eigenvalue weighted by Crippen LogP contribution is -2.45. The number of likely N-dealkylation sites (tertiary alicyclic amines) is 2. The van der Waals surface area contributed by atoms with E-state index >= 15 is 0 Å². The number of furan rings is 1. The average Bonchev–Trinajstić information content (AvgIpc) is 3.69. The molecular weight excluding hydrogens is 625 g/mol. The zero-order valence-corrected chi connectivity index (χ0v) is 28.3. The van der Waals surface area contributed by atoms with Gasteiger partial charge in [-0.25, -0.2) is 0 Å².